The molecular weight excluding hydrogens is 665 g/mol. The van der Waals surface area contributed by atoms with Crippen LogP contribution in [0.5, 0.6) is 0 Å². The van der Waals surface area contributed by atoms with E-state index in [2.05, 4.69) is 167 Å². The maximum Gasteiger partial charge on any atom is 0.165 e. The SMILES string of the molecule is c1ccc(-c2nc3c(ccc4ccccc43)nc2-n2c3ccc4sc5cccc6c7cccc8c7c7c(c3c4c56)c2ccc7n8-c2ccccc2)cc1. The third-order valence-corrected chi connectivity index (χ3v) is 12.5. The molecule has 0 saturated heterocycles. The van der Waals surface area contributed by atoms with Gasteiger partial charge in [-0.05, 0) is 70.8 Å². The molecule has 0 spiro atoms. The molecule has 0 aliphatic carbocycles. The highest BCUT2D eigenvalue weighted by molar-refractivity contribution is 7.26. The summed E-state index contributed by atoms with van der Waals surface area (Å²) in [6.07, 6.45) is 0. The minimum absolute atomic E-state index is 0.837. The fraction of sp³-hybridized carbons (Fsp3) is 0. The zero-order valence-electron chi connectivity index (χ0n) is 28.2. The standard InChI is InChI=1S/C48H26N4S/c1-3-12-28(13-4-1)46-48(49-33-22-21-27-11-7-8-16-30(27)47(33)50-46)52-36-24-23-35-42-40-31(17-9-19-34(40)51(35)29-14-5-2-6-15-29)32-18-10-20-38-41(32)45-39(53-38)26-25-37(52)44(45)43(36)42/h1-26H. The number of para-hydroxylation sites is 1. The predicted molar refractivity (Wildman–Crippen MR) is 224 cm³/mol. The Bertz CT molecular complexity index is 3610. The van der Waals surface area contributed by atoms with Crippen LogP contribution >= 0.6 is 11.3 Å². The Kier molecular flexibility index (Phi) is 5.22. The number of fused-ring (bicyclic) bond motifs is 4. The molecule has 0 aliphatic heterocycles. The summed E-state index contributed by atoms with van der Waals surface area (Å²) >= 11 is 1.89. The van der Waals surface area contributed by atoms with Gasteiger partial charge in [-0.1, -0.05) is 103 Å². The highest BCUT2D eigenvalue weighted by atomic mass is 32.1. The van der Waals surface area contributed by atoms with E-state index in [4.69, 9.17) is 9.97 Å². The topological polar surface area (TPSA) is 35.6 Å². The molecule has 53 heavy (non-hydrogen) atoms. The molecule has 13 aromatic rings. The molecule has 4 aromatic heterocycles. The fourth-order valence-electron chi connectivity index (χ4n) is 9.30. The van der Waals surface area contributed by atoms with E-state index in [0.29, 0.717) is 0 Å². The molecule has 5 heteroatoms. The van der Waals surface area contributed by atoms with Gasteiger partial charge >= 0.3 is 0 Å². The summed E-state index contributed by atoms with van der Waals surface area (Å²) < 4.78 is 7.46. The number of benzene rings is 8. The van der Waals surface area contributed by atoms with Crippen LogP contribution < -0.4 is 0 Å². The second-order valence-corrected chi connectivity index (χ2v) is 15.2. The van der Waals surface area contributed by atoms with Crippen LogP contribution in [0.2, 0.25) is 0 Å². The summed E-state index contributed by atoms with van der Waals surface area (Å²) in [6.45, 7) is 0. The van der Waals surface area contributed by atoms with Crippen LogP contribution in [0.1, 0.15) is 0 Å². The number of thiophene rings is 1. The fourth-order valence-corrected chi connectivity index (χ4v) is 10.4. The average molecular weight is 691 g/mol. The van der Waals surface area contributed by atoms with Crippen LogP contribution in [0.3, 0.4) is 0 Å². The minimum atomic E-state index is 0.837. The summed E-state index contributed by atoms with van der Waals surface area (Å²) in [4.78, 5) is 11.1. The summed E-state index contributed by atoms with van der Waals surface area (Å²) in [5.74, 6) is 0.837. The van der Waals surface area contributed by atoms with Gasteiger partial charge in [0, 0.05) is 58.4 Å². The lowest BCUT2D eigenvalue weighted by Crippen LogP contribution is -2.04. The van der Waals surface area contributed by atoms with Crippen molar-refractivity contribution in [3.63, 3.8) is 0 Å². The van der Waals surface area contributed by atoms with Crippen molar-refractivity contribution < 1.29 is 0 Å². The molecule has 0 fully saturated rings. The molecule has 0 amide bonds. The van der Waals surface area contributed by atoms with Crippen LogP contribution in [0.25, 0.3) is 119 Å². The first-order chi connectivity index (χ1) is 26.3. The lowest BCUT2D eigenvalue weighted by atomic mass is 9.95. The van der Waals surface area contributed by atoms with Gasteiger partial charge in [0.15, 0.2) is 5.82 Å². The molecule has 0 atom stereocenters. The van der Waals surface area contributed by atoms with Crippen molar-refractivity contribution in [2.75, 3.05) is 0 Å². The molecule has 13 rings (SSSR count). The van der Waals surface area contributed by atoms with Gasteiger partial charge < -0.3 is 4.57 Å². The molecule has 0 bridgehead atoms. The van der Waals surface area contributed by atoms with Gasteiger partial charge in [-0.15, -0.1) is 11.3 Å². The third kappa shape index (κ3) is 3.50. The third-order valence-electron chi connectivity index (χ3n) is 11.4. The Balaban J connectivity index is 1.30. The van der Waals surface area contributed by atoms with Crippen molar-refractivity contribution in [1.29, 1.82) is 0 Å². The van der Waals surface area contributed by atoms with E-state index in [1.165, 1.54) is 63.5 Å². The van der Waals surface area contributed by atoms with E-state index in [1.54, 1.807) is 0 Å². The Morgan fingerprint density at radius 3 is 1.87 bits per heavy atom. The number of nitrogens with zero attached hydrogens (tertiary/aromatic N) is 4. The maximum atomic E-state index is 5.58. The zero-order valence-corrected chi connectivity index (χ0v) is 29.0. The van der Waals surface area contributed by atoms with Gasteiger partial charge in [0.1, 0.15) is 5.69 Å². The smallest absolute Gasteiger partial charge is 0.165 e. The van der Waals surface area contributed by atoms with Gasteiger partial charge in [-0.3, -0.25) is 4.57 Å². The molecule has 0 saturated carbocycles. The van der Waals surface area contributed by atoms with E-state index >= 15 is 0 Å². The molecule has 0 N–H and O–H groups in total. The second-order valence-electron chi connectivity index (χ2n) is 14.1. The molecule has 0 aliphatic rings. The molecule has 244 valence electrons. The Morgan fingerprint density at radius 2 is 1.02 bits per heavy atom. The van der Waals surface area contributed by atoms with Crippen molar-refractivity contribution in [1.82, 2.24) is 19.1 Å². The van der Waals surface area contributed by atoms with E-state index in [0.717, 1.165) is 55.6 Å². The normalized spacial score (nSPS) is 12.5. The van der Waals surface area contributed by atoms with Crippen LogP contribution in [-0.4, -0.2) is 19.1 Å². The van der Waals surface area contributed by atoms with Crippen molar-refractivity contribution in [2.24, 2.45) is 0 Å². The number of aromatic nitrogens is 4. The van der Waals surface area contributed by atoms with Gasteiger partial charge in [-0.2, -0.15) is 0 Å². The van der Waals surface area contributed by atoms with Gasteiger partial charge in [-0.25, -0.2) is 9.97 Å². The van der Waals surface area contributed by atoms with E-state index < -0.39 is 0 Å². The molecule has 4 heterocycles. The van der Waals surface area contributed by atoms with Crippen LogP contribution in [0.4, 0.5) is 0 Å². The summed E-state index contributed by atoms with van der Waals surface area (Å²) in [5.41, 5.74) is 9.54. The van der Waals surface area contributed by atoms with Crippen LogP contribution in [0, 0.1) is 0 Å². The molecule has 0 unspecified atom stereocenters. The van der Waals surface area contributed by atoms with Crippen LogP contribution in [-0.2, 0) is 0 Å². The number of hydrogen-bond donors (Lipinski definition) is 0. The first-order valence-electron chi connectivity index (χ1n) is 18.0. The maximum absolute atomic E-state index is 5.58. The lowest BCUT2D eigenvalue weighted by molar-refractivity contribution is 1.08. The Morgan fingerprint density at radius 1 is 0.396 bits per heavy atom. The van der Waals surface area contributed by atoms with Crippen molar-refractivity contribution in [3.05, 3.63) is 158 Å². The van der Waals surface area contributed by atoms with Crippen molar-refractivity contribution in [3.8, 4) is 22.8 Å². The van der Waals surface area contributed by atoms with Crippen molar-refractivity contribution in [2.45, 2.75) is 0 Å². The predicted octanol–water partition coefficient (Wildman–Crippen LogP) is 13.0. The summed E-state index contributed by atoms with van der Waals surface area (Å²) in [7, 11) is 0. The molecular formula is C48H26N4S. The highest BCUT2D eigenvalue weighted by Crippen LogP contribution is 2.51. The largest absolute Gasteiger partial charge is 0.309 e. The van der Waals surface area contributed by atoms with Crippen LogP contribution in [0.15, 0.2) is 158 Å². The molecule has 0 radical (unpaired) electrons. The van der Waals surface area contributed by atoms with Gasteiger partial charge in [0.2, 0.25) is 0 Å². The monoisotopic (exact) mass is 690 g/mol. The Labute approximate surface area is 306 Å². The number of rotatable bonds is 3. The minimum Gasteiger partial charge on any atom is -0.309 e. The van der Waals surface area contributed by atoms with Gasteiger partial charge in [0.25, 0.3) is 0 Å². The first-order valence-corrected chi connectivity index (χ1v) is 18.8. The Hall–Kier alpha value is -6.82. The second kappa shape index (κ2) is 9.94. The zero-order chi connectivity index (χ0) is 34.4. The quantitative estimate of drug-likeness (QED) is 0.173. The molecule has 9 aromatic carbocycles. The average Bonchev–Trinajstić information content (AvgIpc) is 3.88. The summed E-state index contributed by atoms with van der Waals surface area (Å²) in [6, 6.07) is 57.1. The first kappa shape index (κ1) is 27.8. The highest BCUT2D eigenvalue weighted by Gasteiger charge is 2.28. The summed E-state index contributed by atoms with van der Waals surface area (Å²) in [5, 5.41) is 12.6. The van der Waals surface area contributed by atoms with Crippen molar-refractivity contribution >= 4 is 108 Å². The van der Waals surface area contributed by atoms with E-state index in [-0.39, 0.29) is 0 Å². The van der Waals surface area contributed by atoms with E-state index in [1.807, 2.05) is 11.3 Å². The lowest BCUT2D eigenvalue weighted by Gasteiger charge is -2.15. The van der Waals surface area contributed by atoms with E-state index in [9.17, 15) is 0 Å². The van der Waals surface area contributed by atoms with Gasteiger partial charge in [0.05, 0.1) is 33.1 Å². The molecule has 4 nitrogen and oxygen atoms in total. The number of hydrogen-bond acceptors (Lipinski definition) is 3.